The van der Waals surface area contributed by atoms with E-state index >= 15 is 0 Å². The number of amides is 3. The molecule has 50 heavy (non-hydrogen) atoms. The Morgan fingerprint density at radius 3 is 2.28 bits per heavy atom. The summed E-state index contributed by atoms with van der Waals surface area (Å²) in [6.45, 7) is 5.29. The van der Waals surface area contributed by atoms with Crippen molar-refractivity contribution in [2.75, 3.05) is 34.0 Å². The van der Waals surface area contributed by atoms with E-state index in [9.17, 15) is 19.2 Å². The van der Waals surface area contributed by atoms with E-state index in [0.717, 1.165) is 9.13 Å². The van der Waals surface area contributed by atoms with Crippen molar-refractivity contribution >= 4 is 52.7 Å². The molecule has 1 heterocycles. The number of urea groups is 1. The van der Waals surface area contributed by atoms with E-state index in [-0.39, 0.29) is 36.9 Å². The van der Waals surface area contributed by atoms with Gasteiger partial charge in [-0.25, -0.2) is 19.8 Å². The van der Waals surface area contributed by atoms with Crippen molar-refractivity contribution in [2.45, 2.75) is 33.4 Å². The van der Waals surface area contributed by atoms with Crippen molar-refractivity contribution in [1.82, 2.24) is 16.1 Å². The maximum Gasteiger partial charge on any atom is 0.338 e. The Morgan fingerprint density at radius 1 is 0.900 bits per heavy atom. The third-order valence-electron chi connectivity index (χ3n) is 7.15. The van der Waals surface area contributed by atoms with Crippen molar-refractivity contribution in [3.8, 4) is 23.0 Å². The lowest BCUT2D eigenvalue weighted by atomic mass is 9.95. The van der Waals surface area contributed by atoms with Crippen LogP contribution in [0.5, 0.6) is 23.0 Å². The van der Waals surface area contributed by atoms with Crippen LogP contribution in [0, 0.1) is 3.57 Å². The molecule has 14 nitrogen and oxygen atoms in total. The summed E-state index contributed by atoms with van der Waals surface area (Å²) in [4.78, 5) is 49.5. The Hall–Kier alpha value is -5.32. The zero-order valence-corrected chi connectivity index (χ0v) is 30.2. The Labute approximate surface area is 302 Å². The molecule has 0 aliphatic carbocycles. The first-order valence-electron chi connectivity index (χ1n) is 15.4. The van der Waals surface area contributed by atoms with E-state index in [2.05, 4.69) is 43.8 Å². The standard InChI is InChI=1S/C35H37IN4O10/c1-6-47-33(42)22-10-8-21(9-11-22)18-50-32-24(14-25(36)16-28(32)46-5)17-37-40-29(41)19-49-26-13-12-23(15-27(26)45-4)31-30(34(43)48-7-2)20(3)38-35(44)39-31/h8-17,31H,6-7,18-19H2,1-5H3,(H,40,41)(H2,38,39,44)/b37-17+/t31-/m0/s1. The Balaban J connectivity index is 1.41. The summed E-state index contributed by atoms with van der Waals surface area (Å²) in [5.74, 6) is -0.118. The number of benzene rings is 3. The summed E-state index contributed by atoms with van der Waals surface area (Å²) >= 11 is 2.14. The van der Waals surface area contributed by atoms with Crippen molar-refractivity contribution in [3.63, 3.8) is 0 Å². The predicted molar refractivity (Wildman–Crippen MR) is 190 cm³/mol. The molecule has 0 saturated heterocycles. The molecule has 15 heteroatoms. The lowest BCUT2D eigenvalue weighted by molar-refractivity contribution is -0.139. The molecule has 0 spiro atoms. The van der Waals surface area contributed by atoms with E-state index in [4.69, 9.17) is 28.4 Å². The van der Waals surface area contributed by atoms with Gasteiger partial charge in [0.05, 0.1) is 50.8 Å². The smallest absolute Gasteiger partial charge is 0.338 e. The number of rotatable bonds is 15. The highest BCUT2D eigenvalue weighted by Gasteiger charge is 2.32. The van der Waals surface area contributed by atoms with E-state index < -0.39 is 36.5 Å². The Bertz CT molecular complexity index is 1790. The second-order valence-corrected chi connectivity index (χ2v) is 11.8. The Kier molecular flexibility index (Phi) is 13.4. The van der Waals surface area contributed by atoms with Crippen LogP contribution < -0.4 is 35.0 Å². The summed E-state index contributed by atoms with van der Waals surface area (Å²) < 4.78 is 33.9. The molecule has 1 atom stereocenters. The van der Waals surface area contributed by atoms with E-state index in [1.54, 1.807) is 69.3 Å². The van der Waals surface area contributed by atoms with Gasteiger partial charge in [-0.3, -0.25) is 4.79 Å². The minimum absolute atomic E-state index is 0.169. The highest BCUT2D eigenvalue weighted by Crippen LogP contribution is 2.35. The van der Waals surface area contributed by atoms with Gasteiger partial charge >= 0.3 is 18.0 Å². The number of halogens is 1. The fourth-order valence-corrected chi connectivity index (χ4v) is 5.47. The second-order valence-electron chi connectivity index (χ2n) is 10.5. The first-order chi connectivity index (χ1) is 24.1. The molecule has 1 aliphatic rings. The molecular weight excluding hydrogens is 763 g/mol. The van der Waals surface area contributed by atoms with Crippen LogP contribution in [0.4, 0.5) is 4.79 Å². The number of esters is 2. The number of nitrogens with zero attached hydrogens (tertiary/aromatic N) is 1. The summed E-state index contributed by atoms with van der Waals surface area (Å²) in [5, 5.41) is 9.41. The number of nitrogens with one attached hydrogen (secondary N) is 3. The van der Waals surface area contributed by atoms with Gasteiger partial charge in [0.1, 0.15) is 6.61 Å². The summed E-state index contributed by atoms with van der Waals surface area (Å²) in [6.07, 6.45) is 1.43. The van der Waals surface area contributed by atoms with Crippen molar-refractivity contribution in [2.24, 2.45) is 5.10 Å². The van der Waals surface area contributed by atoms with Crippen LogP contribution in [0.2, 0.25) is 0 Å². The molecular formula is C35H37IN4O10. The fraction of sp³-hybridized carbons (Fsp3) is 0.286. The van der Waals surface area contributed by atoms with Crippen LogP contribution >= 0.6 is 22.6 Å². The summed E-state index contributed by atoms with van der Waals surface area (Å²) in [5.41, 5.74) is 5.40. The van der Waals surface area contributed by atoms with Crippen LogP contribution in [0.25, 0.3) is 0 Å². The molecule has 0 bridgehead atoms. The van der Waals surface area contributed by atoms with Crippen LogP contribution in [-0.2, 0) is 25.7 Å². The number of carbonyl (C=O) groups excluding carboxylic acids is 4. The molecule has 3 aromatic rings. The van der Waals surface area contributed by atoms with Gasteiger partial charge in [0.15, 0.2) is 29.6 Å². The predicted octanol–water partition coefficient (Wildman–Crippen LogP) is 4.78. The van der Waals surface area contributed by atoms with Gasteiger partial charge < -0.3 is 39.1 Å². The molecule has 264 valence electrons. The normalized spacial score (nSPS) is 14.0. The average Bonchev–Trinajstić information content (AvgIpc) is 3.10. The van der Waals surface area contributed by atoms with Gasteiger partial charge in [0, 0.05) is 14.8 Å². The lowest BCUT2D eigenvalue weighted by Crippen LogP contribution is -2.45. The zero-order valence-electron chi connectivity index (χ0n) is 28.1. The number of hydrazone groups is 1. The molecule has 4 rings (SSSR count). The first-order valence-corrected chi connectivity index (χ1v) is 16.5. The van der Waals surface area contributed by atoms with Crippen LogP contribution in [0.15, 0.2) is 71.0 Å². The number of hydrogen-bond acceptors (Lipinski definition) is 11. The largest absolute Gasteiger partial charge is 0.493 e. The molecule has 0 unspecified atom stereocenters. The molecule has 0 aromatic heterocycles. The summed E-state index contributed by atoms with van der Waals surface area (Å²) in [6, 6.07) is 14.1. The van der Waals surface area contributed by atoms with Gasteiger partial charge in [0.25, 0.3) is 5.91 Å². The third kappa shape index (κ3) is 9.64. The van der Waals surface area contributed by atoms with Crippen LogP contribution in [-0.4, -0.2) is 64.1 Å². The number of allylic oxidation sites excluding steroid dienone is 1. The highest BCUT2D eigenvalue weighted by atomic mass is 127. The van der Waals surface area contributed by atoms with Gasteiger partial charge in [-0.2, -0.15) is 5.10 Å². The van der Waals surface area contributed by atoms with Crippen LogP contribution in [0.1, 0.15) is 53.9 Å². The van der Waals surface area contributed by atoms with Gasteiger partial charge in [-0.1, -0.05) is 18.2 Å². The minimum atomic E-state index is -0.797. The van der Waals surface area contributed by atoms with Crippen molar-refractivity contribution in [3.05, 3.63) is 91.7 Å². The first kappa shape index (κ1) is 37.5. The molecule has 0 radical (unpaired) electrons. The van der Waals surface area contributed by atoms with Gasteiger partial charge in [-0.05, 0) is 90.9 Å². The van der Waals surface area contributed by atoms with E-state index in [1.807, 2.05) is 6.07 Å². The topological polar surface area (TPSA) is 172 Å². The quantitative estimate of drug-likeness (QED) is 0.0841. The second kappa shape index (κ2) is 17.9. The minimum Gasteiger partial charge on any atom is -0.493 e. The highest BCUT2D eigenvalue weighted by molar-refractivity contribution is 14.1. The SMILES string of the molecule is CCOC(=O)C1=C(C)NC(=O)N[C@H]1c1ccc(OCC(=O)N/N=C/c2cc(I)cc(OC)c2OCc2ccc(C(=O)OCC)cc2)c(OC)c1. The fourth-order valence-electron chi connectivity index (χ4n) is 4.85. The van der Waals surface area contributed by atoms with Crippen molar-refractivity contribution < 1.29 is 47.6 Å². The molecule has 3 N–H and O–H groups in total. The summed E-state index contributed by atoms with van der Waals surface area (Å²) in [7, 11) is 2.95. The monoisotopic (exact) mass is 800 g/mol. The van der Waals surface area contributed by atoms with Crippen LogP contribution in [0.3, 0.4) is 0 Å². The molecule has 0 fully saturated rings. The Morgan fingerprint density at radius 2 is 1.60 bits per heavy atom. The maximum atomic E-state index is 12.7. The van der Waals surface area contributed by atoms with E-state index in [0.29, 0.717) is 33.9 Å². The maximum absolute atomic E-state index is 12.7. The molecule has 1 aliphatic heterocycles. The van der Waals surface area contributed by atoms with E-state index in [1.165, 1.54) is 20.4 Å². The lowest BCUT2D eigenvalue weighted by Gasteiger charge is -2.28. The third-order valence-corrected chi connectivity index (χ3v) is 7.78. The molecule has 3 aromatic carbocycles. The number of carbonyl (C=O) groups is 4. The number of ether oxygens (including phenoxy) is 6. The molecule has 0 saturated carbocycles. The molecule has 3 amide bonds. The number of hydrogen-bond donors (Lipinski definition) is 3. The van der Waals surface area contributed by atoms with Gasteiger partial charge in [0.2, 0.25) is 0 Å². The average molecular weight is 801 g/mol. The van der Waals surface area contributed by atoms with Crippen molar-refractivity contribution in [1.29, 1.82) is 0 Å². The van der Waals surface area contributed by atoms with Gasteiger partial charge in [-0.15, -0.1) is 0 Å². The number of methoxy groups -OCH3 is 2. The zero-order chi connectivity index (χ0) is 36.2.